The summed E-state index contributed by atoms with van der Waals surface area (Å²) in [6, 6.07) is 10.3. The molecule has 124 valence electrons. The Kier molecular flexibility index (Phi) is 4.33. The van der Waals surface area contributed by atoms with Crippen molar-refractivity contribution in [1.29, 1.82) is 0 Å². The minimum absolute atomic E-state index is 0.0857. The standard InChI is InChI=1S/C18H23NO4/c20-18-16-14-8-4-5-10-19(14)23-17(16)15(22-18)9-11-21-12-13-6-2-1-3-7-13/h1-3,6-7,14-17H,4-5,8-12H2/t14-,15+,16-,17-/m1/s1. The zero-order valence-corrected chi connectivity index (χ0v) is 13.2. The first-order valence-corrected chi connectivity index (χ1v) is 8.58. The molecule has 0 aromatic heterocycles. The van der Waals surface area contributed by atoms with Gasteiger partial charge in [0.2, 0.25) is 0 Å². The van der Waals surface area contributed by atoms with Crippen molar-refractivity contribution < 1.29 is 19.1 Å². The number of nitrogens with zero attached hydrogens (tertiary/aromatic N) is 1. The normalized spacial score (nSPS) is 33.3. The number of rotatable bonds is 5. The van der Waals surface area contributed by atoms with Gasteiger partial charge in [-0.2, -0.15) is 5.06 Å². The highest BCUT2D eigenvalue weighted by Gasteiger charge is 2.57. The summed E-state index contributed by atoms with van der Waals surface area (Å²) in [5.74, 6) is -0.188. The van der Waals surface area contributed by atoms with Crippen LogP contribution in [0.25, 0.3) is 0 Å². The van der Waals surface area contributed by atoms with E-state index in [4.69, 9.17) is 14.3 Å². The van der Waals surface area contributed by atoms with Crippen LogP contribution in [-0.4, -0.2) is 42.4 Å². The molecule has 3 heterocycles. The van der Waals surface area contributed by atoms with Crippen LogP contribution in [0.15, 0.2) is 30.3 Å². The molecule has 5 heteroatoms. The first-order valence-electron chi connectivity index (χ1n) is 8.58. The zero-order chi connectivity index (χ0) is 15.6. The fraction of sp³-hybridized carbons (Fsp3) is 0.611. The van der Waals surface area contributed by atoms with Crippen molar-refractivity contribution in [1.82, 2.24) is 5.06 Å². The lowest BCUT2D eigenvalue weighted by Crippen LogP contribution is -2.38. The molecule has 0 radical (unpaired) electrons. The number of benzene rings is 1. The first kappa shape index (κ1) is 15.1. The molecule has 0 unspecified atom stereocenters. The van der Waals surface area contributed by atoms with Gasteiger partial charge in [0.25, 0.3) is 0 Å². The van der Waals surface area contributed by atoms with Crippen molar-refractivity contribution >= 4 is 5.97 Å². The molecule has 23 heavy (non-hydrogen) atoms. The van der Waals surface area contributed by atoms with Gasteiger partial charge in [-0.25, -0.2) is 0 Å². The minimum atomic E-state index is -0.172. The lowest BCUT2D eigenvalue weighted by molar-refractivity contribution is -0.196. The van der Waals surface area contributed by atoms with Gasteiger partial charge >= 0.3 is 5.97 Å². The van der Waals surface area contributed by atoms with Crippen molar-refractivity contribution in [3.63, 3.8) is 0 Å². The Morgan fingerprint density at radius 1 is 1.22 bits per heavy atom. The van der Waals surface area contributed by atoms with E-state index in [1.807, 2.05) is 35.4 Å². The van der Waals surface area contributed by atoms with Crippen LogP contribution in [0.3, 0.4) is 0 Å². The lowest BCUT2D eigenvalue weighted by Gasteiger charge is -2.29. The highest BCUT2D eigenvalue weighted by atomic mass is 16.7. The molecule has 3 aliphatic heterocycles. The van der Waals surface area contributed by atoms with Crippen LogP contribution in [0.2, 0.25) is 0 Å². The Hall–Kier alpha value is -1.43. The van der Waals surface area contributed by atoms with Crippen molar-refractivity contribution in [2.24, 2.45) is 5.92 Å². The van der Waals surface area contributed by atoms with E-state index in [9.17, 15) is 4.79 Å². The third-order valence-electron chi connectivity index (χ3n) is 5.09. The zero-order valence-electron chi connectivity index (χ0n) is 13.2. The van der Waals surface area contributed by atoms with Gasteiger partial charge in [-0.1, -0.05) is 36.8 Å². The van der Waals surface area contributed by atoms with Crippen LogP contribution in [0, 0.1) is 5.92 Å². The predicted molar refractivity (Wildman–Crippen MR) is 83.3 cm³/mol. The van der Waals surface area contributed by atoms with E-state index in [0.29, 0.717) is 19.6 Å². The summed E-state index contributed by atoms with van der Waals surface area (Å²) in [5.41, 5.74) is 1.16. The molecule has 3 saturated heterocycles. The second-order valence-electron chi connectivity index (χ2n) is 6.60. The number of hydrogen-bond acceptors (Lipinski definition) is 5. The predicted octanol–water partition coefficient (Wildman–Crippen LogP) is 2.30. The number of fused-ring (bicyclic) bond motifs is 3. The van der Waals surface area contributed by atoms with Gasteiger partial charge in [-0.3, -0.25) is 9.63 Å². The number of cyclic esters (lactones) is 1. The Morgan fingerprint density at radius 3 is 2.96 bits per heavy atom. The maximum absolute atomic E-state index is 12.2. The molecule has 5 nitrogen and oxygen atoms in total. The molecule has 0 bridgehead atoms. The lowest BCUT2D eigenvalue weighted by atomic mass is 9.88. The Balaban J connectivity index is 1.29. The largest absolute Gasteiger partial charge is 0.459 e. The molecule has 3 aliphatic rings. The average Bonchev–Trinajstić information content (AvgIpc) is 3.11. The van der Waals surface area contributed by atoms with Crippen LogP contribution in [0.4, 0.5) is 0 Å². The molecule has 4 rings (SSSR count). The fourth-order valence-corrected chi connectivity index (χ4v) is 3.93. The number of carbonyl (C=O) groups is 1. The molecular weight excluding hydrogens is 294 g/mol. The van der Waals surface area contributed by atoms with Gasteiger partial charge in [-0.15, -0.1) is 0 Å². The first-order chi connectivity index (χ1) is 11.3. The summed E-state index contributed by atoms with van der Waals surface area (Å²) < 4.78 is 11.3. The minimum Gasteiger partial charge on any atom is -0.459 e. The van der Waals surface area contributed by atoms with Crippen LogP contribution >= 0.6 is 0 Å². The van der Waals surface area contributed by atoms with E-state index in [-0.39, 0.29) is 30.1 Å². The van der Waals surface area contributed by atoms with Crippen LogP contribution in [-0.2, 0) is 25.7 Å². The maximum atomic E-state index is 12.2. The van der Waals surface area contributed by atoms with Crippen LogP contribution < -0.4 is 0 Å². The number of esters is 1. The van der Waals surface area contributed by atoms with Crippen molar-refractivity contribution in [3.8, 4) is 0 Å². The number of hydrogen-bond donors (Lipinski definition) is 0. The molecular formula is C18H23NO4. The number of ether oxygens (including phenoxy) is 2. The summed E-state index contributed by atoms with van der Waals surface area (Å²) in [5, 5.41) is 2.02. The second-order valence-corrected chi connectivity index (χ2v) is 6.60. The van der Waals surface area contributed by atoms with Crippen LogP contribution in [0.5, 0.6) is 0 Å². The van der Waals surface area contributed by atoms with Gasteiger partial charge in [0.05, 0.1) is 19.3 Å². The maximum Gasteiger partial charge on any atom is 0.313 e. The molecule has 0 amide bonds. The topological polar surface area (TPSA) is 48.0 Å². The summed E-state index contributed by atoms with van der Waals surface area (Å²) in [6.07, 6.45) is 3.76. The van der Waals surface area contributed by atoms with E-state index < -0.39 is 0 Å². The monoisotopic (exact) mass is 317 g/mol. The summed E-state index contributed by atoms with van der Waals surface area (Å²) in [7, 11) is 0. The van der Waals surface area contributed by atoms with E-state index >= 15 is 0 Å². The van der Waals surface area contributed by atoms with Crippen molar-refractivity contribution in [2.75, 3.05) is 13.2 Å². The smallest absolute Gasteiger partial charge is 0.313 e. The third-order valence-corrected chi connectivity index (χ3v) is 5.09. The summed E-state index contributed by atoms with van der Waals surface area (Å²) in [6.45, 7) is 2.09. The molecule has 0 saturated carbocycles. The summed E-state index contributed by atoms with van der Waals surface area (Å²) in [4.78, 5) is 18.2. The Morgan fingerprint density at radius 2 is 2.09 bits per heavy atom. The quantitative estimate of drug-likeness (QED) is 0.616. The molecule has 3 fully saturated rings. The molecule has 1 aromatic carbocycles. The van der Waals surface area contributed by atoms with Gasteiger partial charge < -0.3 is 9.47 Å². The Labute approximate surface area is 136 Å². The Bertz CT molecular complexity index is 549. The number of piperidine rings is 1. The van der Waals surface area contributed by atoms with Crippen LogP contribution in [0.1, 0.15) is 31.2 Å². The SMILES string of the molecule is O=C1O[C@@H](CCOCc2ccccc2)[C@H]2ON3CCCC[C@@H]3[C@@H]12. The second kappa shape index (κ2) is 6.59. The van der Waals surface area contributed by atoms with Gasteiger partial charge in [0, 0.05) is 13.0 Å². The van der Waals surface area contributed by atoms with Gasteiger partial charge in [0.1, 0.15) is 18.1 Å². The molecule has 0 N–H and O–H groups in total. The molecule has 0 spiro atoms. The van der Waals surface area contributed by atoms with Crippen molar-refractivity contribution in [2.45, 2.75) is 50.5 Å². The molecule has 0 aliphatic carbocycles. The van der Waals surface area contributed by atoms with Crippen molar-refractivity contribution in [3.05, 3.63) is 35.9 Å². The van der Waals surface area contributed by atoms with E-state index in [2.05, 4.69) is 0 Å². The summed E-state index contributed by atoms with van der Waals surface area (Å²) >= 11 is 0. The molecule has 4 atom stereocenters. The third kappa shape index (κ3) is 3.01. The highest BCUT2D eigenvalue weighted by molar-refractivity contribution is 5.77. The van der Waals surface area contributed by atoms with E-state index in [1.54, 1.807) is 0 Å². The number of hydroxylamine groups is 2. The van der Waals surface area contributed by atoms with E-state index in [0.717, 1.165) is 24.9 Å². The molecule has 1 aromatic rings. The van der Waals surface area contributed by atoms with Gasteiger partial charge in [-0.05, 0) is 18.4 Å². The number of carbonyl (C=O) groups excluding carboxylic acids is 1. The highest BCUT2D eigenvalue weighted by Crippen LogP contribution is 2.41. The fourth-order valence-electron chi connectivity index (χ4n) is 3.93. The van der Waals surface area contributed by atoms with Gasteiger partial charge in [0.15, 0.2) is 0 Å². The average molecular weight is 317 g/mol. The van der Waals surface area contributed by atoms with E-state index in [1.165, 1.54) is 6.42 Å².